The summed E-state index contributed by atoms with van der Waals surface area (Å²) in [6.07, 6.45) is 0.785. The van der Waals surface area contributed by atoms with Gasteiger partial charge >= 0.3 is 0 Å². The third kappa shape index (κ3) is 3.31. The van der Waals surface area contributed by atoms with E-state index in [0.717, 1.165) is 17.7 Å². The summed E-state index contributed by atoms with van der Waals surface area (Å²) in [7, 11) is 1.52. The molecule has 4 rings (SSSR count). The van der Waals surface area contributed by atoms with Gasteiger partial charge in [0.05, 0.1) is 12.2 Å². The number of nitrogens with zero attached hydrogens (tertiary/aromatic N) is 1. The number of carbonyl (C=O) groups is 2. The average Bonchev–Trinajstić information content (AvgIpc) is 3.35. The summed E-state index contributed by atoms with van der Waals surface area (Å²) in [5.41, 5.74) is 1.45. The zero-order valence-corrected chi connectivity index (χ0v) is 16.6. The van der Waals surface area contributed by atoms with Gasteiger partial charge in [-0.3, -0.25) is 9.59 Å². The Kier molecular flexibility index (Phi) is 4.92. The molecule has 0 aliphatic carbocycles. The minimum atomic E-state index is -0.803. The molecule has 1 aromatic carbocycles. The van der Waals surface area contributed by atoms with Crippen LogP contribution in [0, 0.1) is 6.92 Å². The Morgan fingerprint density at radius 2 is 2.07 bits per heavy atom. The highest BCUT2D eigenvalue weighted by molar-refractivity contribution is 6.46. The number of furan rings is 1. The summed E-state index contributed by atoms with van der Waals surface area (Å²) in [6, 6.07) is 7.96. The van der Waals surface area contributed by atoms with Crippen molar-refractivity contribution in [2.24, 2.45) is 0 Å². The Bertz CT molecular complexity index is 1000. The van der Waals surface area contributed by atoms with E-state index < -0.39 is 17.7 Å². The maximum absolute atomic E-state index is 12.9. The van der Waals surface area contributed by atoms with Gasteiger partial charge in [0.15, 0.2) is 0 Å². The molecule has 2 aliphatic rings. The third-order valence-corrected chi connectivity index (χ3v) is 5.28. The minimum Gasteiger partial charge on any atom is -0.507 e. The molecule has 29 heavy (non-hydrogen) atoms. The molecule has 2 atom stereocenters. The number of ether oxygens (including phenoxy) is 2. The predicted octanol–water partition coefficient (Wildman–Crippen LogP) is 2.98. The number of fused-ring (bicyclic) bond motifs is 1. The van der Waals surface area contributed by atoms with Crippen molar-refractivity contribution in [3.05, 3.63) is 58.6 Å². The first-order valence-corrected chi connectivity index (χ1v) is 9.54. The third-order valence-electron chi connectivity index (χ3n) is 5.28. The van der Waals surface area contributed by atoms with Crippen LogP contribution in [0.1, 0.15) is 35.6 Å². The minimum absolute atomic E-state index is 0.0207. The van der Waals surface area contributed by atoms with Gasteiger partial charge in [0.1, 0.15) is 35.2 Å². The number of benzene rings is 1. The number of Topliss-reactive ketones (excluding diaryl/α,β-unsaturated/α-hetero) is 1. The van der Waals surface area contributed by atoms with Crippen LogP contribution >= 0.6 is 0 Å². The van der Waals surface area contributed by atoms with Crippen molar-refractivity contribution in [1.29, 1.82) is 0 Å². The standard InChI is InChI=1S/C22H23NO6/c1-12-4-6-17(28-12)19-18(21(25)22(26)23(19)8-9-27-3)20(24)14-5-7-16-15(11-14)10-13(2)29-16/h4-7,11,13,19,24H,8-10H2,1-3H3/b20-18+/t13-,19-/m1/s1. The summed E-state index contributed by atoms with van der Waals surface area (Å²) in [6.45, 7) is 4.22. The molecule has 7 nitrogen and oxygen atoms in total. The number of ketones is 1. The molecule has 1 N–H and O–H groups in total. The highest BCUT2D eigenvalue weighted by Gasteiger charge is 2.47. The van der Waals surface area contributed by atoms with Crippen molar-refractivity contribution in [3.8, 4) is 5.75 Å². The van der Waals surface area contributed by atoms with E-state index in [-0.39, 0.29) is 30.6 Å². The molecule has 7 heteroatoms. The first-order valence-electron chi connectivity index (χ1n) is 9.54. The van der Waals surface area contributed by atoms with E-state index in [1.807, 2.05) is 6.92 Å². The molecular weight excluding hydrogens is 374 g/mol. The summed E-state index contributed by atoms with van der Waals surface area (Å²) in [5.74, 6) is 0.222. The van der Waals surface area contributed by atoms with E-state index in [1.54, 1.807) is 37.3 Å². The zero-order valence-electron chi connectivity index (χ0n) is 16.6. The van der Waals surface area contributed by atoms with Gasteiger partial charge in [-0.25, -0.2) is 0 Å². The molecule has 2 aliphatic heterocycles. The van der Waals surface area contributed by atoms with Crippen molar-refractivity contribution >= 4 is 17.4 Å². The van der Waals surface area contributed by atoms with E-state index in [4.69, 9.17) is 13.9 Å². The molecule has 1 amide bonds. The fraction of sp³-hybridized carbons (Fsp3) is 0.364. The normalized spacial score (nSPS) is 22.8. The van der Waals surface area contributed by atoms with Gasteiger partial charge in [-0.1, -0.05) is 0 Å². The topological polar surface area (TPSA) is 89.2 Å². The van der Waals surface area contributed by atoms with Gasteiger partial charge in [0.25, 0.3) is 11.7 Å². The molecule has 1 aromatic heterocycles. The van der Waals surface area contributed by atoms with Gasteiger partial charge < -0.3 is 23.9 Å². The number of methoxy groups -OCH3 is 1. The monoisotopic (exact) mass is 397 g/mol. The lowest BCUT2D eigenvalue weighted by Crippen LogP contribution is -2.32. The van der Waals surface area contributed by atoms with E-state index in [1.165, 1.54) is 12.0 Å². The Morgan fingerprint density at radius 3 is 2.76 bits per heavy atom. The lowest BCUT2D eigenvalue weighted by molar-refractivity contribution is -0.140. The predicted molar refractivity (Wildman–Crippen MR) is 105 cm³/mol. The van der Waals surface area contributed by atoms with Crippen LogP contribution in [0.5, 0.6) is 5.75 Å². The molecule has 0 bridgehead atoms. The number of aliphatic hydroxyl groups excluding tert-OH is 1. The van der Waals surface area contributed by atoms with Crippen LogP contribution in [0.2, 0.25) is 0 Å². The molecule has 0 saturated carbocycles. The number of aryl methyl sites for hydroxylation is 1. The fourth-order valence-electron chi connectivity index (χ4n) is 3.92. The average molecular weight is 397 g/mol. The second-order valence-electron chi connectivity index (χ2n) is 7.39. The summed E-state index contributed by atoms with van der Waals surface area (Å²) >= 11 is 0. The van der Waals surface area contributed by atoms with Gasteiger partial charge in [-0.15, -0.1) is 0 Å². The highest BCUT2D eigenvalue weighted by Crippen LogP contribution is 2.40. The number of amides is 1. The Hall–Kier alpha value is -3.06. The maximum Gasteiger partial charge on any atom is 0.295 e. The van der Waals surface area contributed by atoms with Crippen LogP contribution < -0.4 is 4.74 Å². The molecule has 1 saturated heterocycles. The molecule has 152 valence electrons. The molecular formula is C22H23NO6. The van der Waals surface area contributed by atoms with E-state index >= 15 is 0 Å². The number of likely N-dealkylation sites (tertiary alicyclic amines) is 1. The molecule has 0 unspecified atom stereocenters. The van der Waals surface area contributed by atoms with E-state index in [0.29, 0.717) is 17.1 Å². The number of rotatable bonds is 5. The summed E-state index contributed by atoms with van der Waals surface area (Å²) in [4.78, 5) is 26.9. The van der Waals surface area contributed by atoms with Crippen molar-refractivity contribution in [3.63, 3.8) is 0 Å². The van der Waals surface area contributed by atoms with Crippen LogP contribution in [-0.4, -0.2) is 48.1 Å². The maximum atomic E-state index is 12.9. The number of hydrogen-bond acceptors (Lipinski definition) is 6. The Balaban J connectivity index is 1.81. The van der Waals surface area contributed by atoms with Crippen molar-refractivity contribution in [2.45, 2.75) is 32.4 Å². The van der Waals surface area contributed by atoms with Crippen LogP contribution in [-0.2, 0) is 20.7 Å². The first-order chi connectivity index (χ1) is 13.9. The largest absolute Gasteiger partial charge is 0.507 e. The molecule has 2 aromatic rings. The number of carbonyl (C=O) groups excluding carboxylic acids is 2. The van der Waals surface area contributed by atoms with Crippen LogP contribution in [0.4, 0.5) is 0 Å². The Morgan fingerprint density at radius 1 is 1.28 bits per heavy atom. The van der Waals surface area contributed by atoms with Crippen LogP contribution in [0.3, 0.4) is 0 Å². The molecule has 0 spiro atoms. The lowest BCUT2D eigenvalue weighted by Gasteiger charge is -2.22. The van der Waals surface area contributed by atoms with Crippen molar-refractivity contribution < 1.29 is 28.6 Å². The molecule has 1 fully saturated rings. The zero-order chi connectivity index (χ0) is 20.7. The molecule has 0 radical (unpaired) electrons. The van der Waals surface area contributed by atoms with Gasteiger partial charge in [0.2, 0.25) is 0 Å². The van der Waals surface area contributed by atoms with Gasteiger partial charge in [-0.05, 0) is 49.7 Å². The second kappa shape index (κ2) is 7.40. The van der Waals surface area contributed by atoms with Gasteiger partial charge in [0, 0.05) is 25.6 Å². The lowest BCUT2D eigenvalue weighted by atomic mass is 9.97. The summed E-state index contributed by atoms with van der Waals surface area (Å²) in [5, 5.41) is 11.1. The van der Waals surface area contributed by atoms with E-state index in [9.17, 15) is 14.7 Å². The highest BCUT2D eigenvalue weighted by atomic mass is 16.5. The number of hydrogen-bond donors (Lipinski definition) is 1. The van der Waals surface area contributed by atoms with Crippen LogP contribution in [0.25, 0.3) is 5.76 Å². The van der Waals surface area contributed by atoms with E-state index in [2.05, 4.69) is 0 Å². The van der Waals surface area contributed by atoms with Gasteiger partial charge in [-0.2, -0.15) is 0 Å². The second-order valence-corrected chi connectivity index (χ2v) is 7.39. The number of aliphatic hydroxyl groups is 1. The fourth-order valence-corrected chi connectivity index (χ4v) is 3.92. The summed E-state index contributed by atoms with van der Waals surface area (Å²) < 4.78 is 16.5. The van der Waals surface area contributed by atoms with Crippen molar-refractivity contribution in [1.82, 2.24) is 4.90 Å². The molecule has 3 heterocycles. The quantitative estimate of drug-likeness (QED) is 0.474. The first kappa shape index (κ1) is 19.3. The smallest absolute Gasteiger partial charge is 0.295 e. The SMILES string of the molecule is COCCN1C(=O)C(=O)/C(=C(/O)c2ccc3c(c2)C[C@@H](C)O3)[C@H]1c1ccc(C)o1. The van der Waals surface area contributed by atoms with Crippen LogP contribution in [0.15, 0.2) is 40.3 Å². The Labute approximate surface area is 168 Å². The van der Waals surface area contributed by atoms with Crippen molar-refractivity contribution in [2.75, 3.05) is 20.3 Å².